The second kappa shape index (κ2) is 5.84. The maximum absolute atomic E-state index is 13.5. The molecular weight excluding hydrogens is 285 g/mol. The Labute approximate surface area is 117 Å². The Morgan fingerprint density at radius 3 is 2.65 bits per heavy atom. The van der Waals surface area contributed by atoms with Crippen LogP contribution in [0.15, 0.2) is 23.4 Å². The number of piperidine rings is 1. The van der Waals surface area contributed by atoms with Gasteiger partial charge in [0.05, 0.1) is 0 Å². The molecule has 1 N–H and O–H groups in total. The Bertz CT molecular complexity index is 598. The first-order chi connectivity index (χ1) is 9.40. The monoisotopic (exact) mass is 301 g/mol. The van der Waals surface area contributed by atoms with E-state index in [9.17, 15) is 17.6 Å². The molecule has 0 bridgehead atoms. The number of halogens is 1. The summed E-state index contributed by atoms with van der Waals surface area (Å²) in [7, 11) is -3.97. The molecule has 1 aromatic heterocycles. The molecule has 2 heterocycles. The molecule has 1 aliphatic heterocycles. The third-order valence-electron chi connectivity index (χ3n) is 3.24. The normalized spacial score (nSPS) is 17.2. The summed E-state index contributed by atoms with van der Waals surface area (Å²) in [6, 6.07) is 2.08. The van der Waals surface area contributed by atoms with Crippen molar-refractivity contribution in [1.29, 1.82) is 0 Å². The number of amides is 1. The summed E-state index contributed by atoms with van der Waals surface area (Å²) in [5.74, 6) is -0.900. The molecule has 20 heavy (non-hydrogen) atoms. The van der Waals surface area contributed by atoms with Crippen molar-refractivity contribution in [2.75, 3.05) is 13.1 Å². The van der Waals surface area contributed by atoms with E-state index in [0.29, 0.717) is 25.9 Å². The van der Waals surface area contributed by atoms with Crippen molar-refractivity contribution >= 4 is 15.9 Å². The number of pyridine rings is 1. The summed E-state index contributed by atoms with van der Waals surface area (Å²) in [5.41, 5.74) is 0. The van der Waals surface area contributed by atoms with Gasteiger partial charge in [0.1, 0.15) is 0 Å². The molecule has 2 rings (SSSR count). The summed E-state index contributed by atoms with van der Waals surface area (Å²) in [6.07, 6.45) is 2.25. The van der Waals surface area contributed by atoms with Crippen molar-refractivity contribution < 1.29 is 17.6 Å². The average Bonchev–Trinajstić information content (AvgIpc) is 2.39. The van der Waals surface area contributed by atoms with E-state index in [4.69, 9.17) is 0 Å². The van der Waals surface area contributed by atoms with Gasteiger partial charge in [-0.25, -0.2) is 22.5 Å². The van der Waals surface area contributed by atoms with Gasteiger partial charge in [0.25, 0.3) is 10.0 Å². The topological polar surface area (TPSA) is 79.4 Å². The smallest absolute Gasteiger partial charge is 0.261 e. The molecule has 8 heteroatoms. The van der Waals surface area contributed by atoms with Crippen molar-refractivity contribution in [3.63, 3.8) is 0 Å². The van der Waals surface area contributed by atoms with E-state index < -0.39 is 20.9 Å². The summed E-state index contributed by atoms with van der Waals surface area (Å²) in [4.78, 5) is 16.4. The van der Waals surface area contributed by atoms with Crippen molar-refractivity contribution in [3.8, 4) is 0 Å². The van der Waals surface area contributed by atoms with Gasteiger partial charge in [-0.1, -0.05) is 0 Å². The highest BCUT2D eigenvalue weighted by Gasteiger charge is 2.27. The first kappa shape index (κ1) is 14.9. The van der Waals surface area contributed by atoms with Crippen LogP contribution in [-0.2, 0) is 14.8 Å². The molecule has 0 spiro atoms. The molecule has 1 saturated heterocycles. The second-order valence-electron chi connectivity index (χ2n) is 4.69. The lowest BCUT2D eigenvalue weighted by molar-refractivity contribution is -0.129. The van der Waals surface area contributed by atoms with Gasteiger partial charge >= 0.3 is 0 Å². The van der Waals surface area contributed by atoms with Crippen molar-refractivity contribution in [3.05, 3.63) is 24.1 Å². The lowest BCUT2D eigenvalue weighted by Gasteiger charge is -2.31. The molecule has 0 radical (unpaired) electrons. The van der Waals surface area contributed by atoms with E-state index in [1.54, 1.807) is 4.90 Å². The SMILES string of the molecule is CC(=O)N1CCC(NS(=O)(=O)c2ncccc2F)CC1. The Kier molecular flexibility index (Phi) is 4.34. The average molecular weight is 301 g/mol. The molecule has 110 valence electrons. The van der Waals surface area contributed by atoms with Crippen molar-refractivity contribution in [1.82, 2.24) is 14.6 Å². The van der Waals surface area contributed by atoms with Gasteiger partial charge in [0.2, 0.25) is 10.9 Å². The molecule has 1 amide bonds. The highest BCUT2D eigenvalue weighted by molar-refractivity contribution is 7.89. The standard InChI is InChI=1S/C12H16FN3O3S/c1-9(17)16-7-4-10(5-8-16)15-20(18,19)12-11(13)3-2-6-14-12/h2-3,6,10,15H,4-5,7-8H2,1H3. The van der Waals surface area contributed by atoms with Crippen molar-refractivity contribution in [2.45, 2.75) is 30.8 Å². The number of aromatic nitrogens is 1. The second-order valence-corrected chi connectivity index (χ2v) is 6.32. The highest BCUT2D eigenvalue weighted by atomic mass is 32.2. The zero-order valence-corrected chi connectivity index (χ0v) is 11.9. The van der Waals surface area contributed by atoms with Crippen LogP contribution in [0.5, 0.6) is 0 Å². The molecule has 0 aliphatic carbocycles. The van der Waals surface area contributed by atoms with Gasteiger partial charge in [-0.3, -0.25) is 4.79 Å². The van der Waals surface area contributed by atoms with Crippen LogP contribution in [0.1, 0.15) is 19.8 Å². The number of sulfonamides is 1. The number of nitrogens with zero attached hydrogens (tertiary/aromatic N) is 2. The van der Waals surface area contributed by atoms with Crippen LogP contribution >= 0.6 is 0 Å². The number of carbonyl (C=O) groups is 1. The first-order valence-electron chi connectivity index (χ1n) is 6.28. The summed E-state index contributed by atoms with van der Waals surface area (Å²) in [6.45, 7) is 2.47. The van der Waals surface area contributed by atoms with Gasteiger partial charge in [-0.2, -0.15) is 0 Å². The fraction of sp³-hybridized carbons (Fsp3) is 0.500. The van der Waals surface area contributed by atoms with E-state index in [2.05, 4.69) is 9.71 Å². The highest BCUT2D eigenvalue weighted by Crippen LogP contribution is 2.15. The molecule has 1 aliphatic rings. The zero-order chi connectivity index (χ0) is 14.8. The van der Waals surface area contributed by atoms with Crippen LogP contribution in [-0.4, -0.2) is 43.3 Å². The predicted octanol–water partition coefficient (Wildman–Crippen LogP) is 0.510. The molecule has 0 unspecified atom stereocenters. The van der Waals surface area contributed by atoms with E-state index in [0.717, 1.165) is 6.07 Å². The van der Waals surface area contributed by atoms with E-state index in [1.165, 1.54) is 19.2 Å². The minimum absolute atomic E-state index is 0.0259. The number of hydrogen-bond acceptors (Lipinski definition) is 4. The van der Waals surface area contributed by atoms with Crippen LogP contribution in [0.2, 0.25) is 0 Å². The lowest BCUT2D eigenvalue weighted by atomic mass is 10.1. The Hall–Kier alpha value is -1.54. The molecule has 0 atom stereocenters. The first-order valence-corrected chi connectivity index (χ1v) is 7.77. The quantitative estimate of drug-likeness (QED) is 0.882. The number of hydrogen-bond donors (Lipinski definition) is 1. The molecular formula is C12H16FN3O3S. The lowest BCUT2D eigenvalue weighted by Crippen LogP contribution is -2.46. The molecule has 0 aromatic carbocycles. The zero-order valence-electron chi connectivity index (χ0n) is 11.0. The van der Waals surface area contributed by atoms with Gasteiger partial charge in [0.15, 0.2) is 5.82 Å². The number of carbonyl (C=O) groups excluding carboxylic acids is 1. The largest absolute Gasteiger partial charge is 0.343 e. The van der Waals surface area contributed by atoms with Gasteiger partial charge < -0.3 is 4.90 Å². The summed E-state index contributed by atoms with van der Waals surface area (Å²) < 4.78 is 40.0. The van der Waals surface area contributed by atoms with Gasteiger partial charge in [-0.15, -0.1) is 0 Å². The fourth-order valence-corrected chi connectivity index (χ4v) is 3.47. The molecule has 1 fully saturated rings. The Morgan fingerprint density at radius 2 is 2.10 bits per heavy atom. The Morgan fingerprint density at radius 1 is 1.45 bits per heavy atom. The number of likely N-dealkylation sites (tertiary alicyclic amines) is 1. The van der Waals surface area contributed by atoms with Crippen LogP contribution < -0.4 is 4.72 Å². The number of rotatable bonds is 3. The third-order valence-corrected chi connectivity index (χ3v) is 4.69. The predicted molar refractivity (Wildman–Crippen MR) is 69.8 cm³/mol. The van der Waals surface area contributed by atoms with Crippen LogP contribution in [0.25, 0.3) is 0 Å². The molecule has 0 saturated carbocycles. The summed E-state index contributed by atoms with van der Waals surface area (Å²) >= 11 is 0. The minimum atomic E-state index is -3.97. The van der Waals surface area contributed by atoms with Crippen LogP contribution in [0.4, 0.5) is 4.39 Å². The van der Waals surface area contributed by atoms with E-state index in [-0.39, 0.29) is 11.9 Å². The maximum atomic E-state index is 13.5. The van der Waals surface area contributed by atoms with E-state index >= 15 is 0 Å². The fourth-order valence-electron chi connectivity index (χ4n) is 2.16. The third kappa shape index (κ3) is 3.31. The van der Waals surface area contributed by atoms with Crippen molar-refractivity contribution in [2.24, 2.45) is 0 Å². The molecule has 6 nitrogen and oxygen atoms in total. The van der Waals surface area contributed by atoms with Gasteiger partial charge in [-0.05, 0) is 25.0 Å². The van der Waals surface area contributed by atoms with Gasteiger partial charge in [0, 0.05) is 32.3 Å². The number of nitrogens with one attached hydrogen (secondary N) is 1. The summed E-state index contributed by atoms with van der Waals surface area (Å²) in [5, 5.41) is -0.589. The maximum Gasteiger partial charge on any atom is 0.261 e. The Balaban J connectivity index is 2.04. The van der Waals surface area contributed by atoms with Crippen LogP contribution in [0, 0.1) is 5.82 Å². The van der Waals surface area contributed by atoms with E-state index in [1.807, 2.05) is 0 Å². The van der Waals surface area contributed by atoms with Crippen LogP contribution in [0.3, 0.4) is 0 Å². The minimum Gasteiger partial charge on any atom is -0.343 e. The molecule has 1 aromatic rings.